The molecule has 6 nitrogen and oxygen atoms in total. The second-order valence-electron chi connectivity index (χ2n) is 7.94. The van der Waals surface area contributed by atoms with E-state index in [1.807, 2.05) is 26.0 Å². The largest absolute Gasteiger partial charge is 0.506 e. The molecule has 2 heterocycles. The molecule has 182 valence electrons. The van der Waals surface area contributed by atoms with E-state index in [0.29, 0.717) is 53.8 Å². The third-order valence-corrected chi connectivity index (χ3v) is 7.89. The van der Waals surface area contributed by atoms with Crippen LogP contribution in [0.15, 0.2) is 61.9 Å². The Morgan fingerprint density at radius 3 is 2.49 bits per heavy atom. The number of benzene rings is 2. The number of aromatic hydroxyl groups is 1. The zero-order chi connectivity index (χ0) is 25.4. The molecule has 0 radical (unpaired) electrons. The Bertz CT molecular complexity index is 1520. The summed E-state index contributed by atoms with van der Waals surface area (Å²) in [5.41, 5.74) is 1.83. The summed E-state index contributed by atoms with van der Waals surface area (Å²) < 4.78 is 2.32. The number of allylic oxidation sites excluding steroid dienone is 1. The van der Waals surface area contributed by atoms with Crippen molar-refractivity contribution in [1.29, 1.82) is 0 Å². The monoisotopic (exact) mass is 593 g/mol. The summed E-state index contributed by atoms with van der Waals surface area (Å²) in [6.45, 7) is 6.69. The third-order valence-electron chi connectivity index (χ3n) is 5.83. The lowest BCUT2D eigenvalue weighted by Gasteiger charge is -2.29. The summed E-state index contributed by atoms with van der Waals surface area (Å²) in [5.74, 6) is -0.190. The highest BCUT2D eigenvalue weighted by molar-refractivity contribution is 9.10. The van der Waals surface area contributed by atoms with Gasteiger partial charge in [-0.15, -0.1) is 0 Å². The Labute approximate surface area is 224 Å². The molecule has 0 aliphatic carbocycles. The number of likely N-dealkylation sites (N-methyl/N-ethyl adjacent to an activating group) is 1. The third kappa shape index (κ3) is 4.85. The number of rotatable bonds is 5. The number of phenolic OH excluding ortho intramolecular Hbond substituents is 1. The lowest BCUT2D eigenvalue weighted by molar-refractivity contribution is -0.127. The number of thiazole rings is 1. The van der Waals surface area contributed by atoms with Gasteiger partial charge >= 0.3 is 0 Å². The summed E-state index contributed by atoms with van der Waals surface area (Å²) >= 11 is 16.7. The minimum absolute atomic E-state index is 0.0249. The average molecular weight is 595 g/mol. The maximum Gasteiger partial charge on any atom is 0.271 e. The number of amides is 1. The smallest absolute Gasteiger partial charge is 0.271 e. The molecule has 1 aliphatic heterocycles. The summed E-state index contributed by atoms with van der Waals surface area (Å²) in [5, 5.41) is 11.4. The molecule has 0 spiro atoms. The van der Waals surface area contributed by atoms with Crippen molar-refractivity contribution in [3.63, 3.8) is 0 Å². The van der Waals surface area contributed by atoms with Crippen LogP contribution in [0.4, 0.5) is 0 Å². The number of nitrogens with zero attached hydrogens (tertiary/aromatic N) is 3. The van der Waals surface area contributed by atoms with Crippen LogP contribution in [0.2, 0.25) is 10.0 Å². The second kappa shape index (κ2) is 10.3. The number of carbonyl (C=O) groups is 1. The Balaban J connectivity index is 1.99. The van der Waals surface area contributed by atoms with Crippen LogP contribution in [0.1, 0.15) is 37.9 Å². The first kappa shape index (κ1) is 25.7. The van der Waals surface area contributed by atoms with E-state index in [1.165, 1.54) is 11.3 Å². The van der Waals surface area contributed by atoms with Gasteiger partial charge in [-0.1, -0.05) is 46.7 Å². The molecule has 0 saturated carbocycles. The summed E-state index contributed by atoms with van der Waals surface area (Å²) in [7, 11) is 0. The van der Waals surface area contributed by atoms with Gasteiger partial charge in [0.2, 0.25) is 0 Å². The number of fused-ring (bicyclic) bond motifs is 1. The van der Waals surface area contributed by atoms with E-state index in [2.05, 4.69) is 20.9 Å². The van der Waals surface area contributed by atoms with E-state index in [0.717, 1.165) is 5.56 Å². The predicted molar refractivity (Wildman–Crippen MR) is 144 cm³/mol. The predicted octanol–water partition coefficient (Wildman–Crippen LogP) is 4.88. The van der Waals surface area contributed by atoms with Gasteiger partial charge in [-0.2, -0.15) is 0 Å². The first-order chi connectivity index (χ1) is 16.7. The highest BCUT2D eigenvalue weighted by Gasteiger charge is 2.34. The normalized spacial score (nSPS) is 15.7. The number of hydrogen-bond acceptors (Lipinski definition) is 5. The second-order valence-corrected chi connectivity index (χ2v) is 10.7. The first-order valence-electron chi connectivity index (χ1n) is 10.9. The molecule has 4 rings (SSSR count). The van der Waals surface area contributed by atoms with Crippen LogP contribution >= 0.6 is 50.5 Å². The average Bonchev–Trinajstić information content (AvgIpc) is 3.12. The SMILES string of the molecule is CCN(CC)C(=O)C1=C(C)N=c2s/c(=C/c3cc(Cl)cc(Br)c3O)c(=O)n2[C@H]1c1ccc(Cl)cc1. The molecular weight excluding hydrogens is 573 g/mol. The van der Waals surface area contributed by atoms with Gasteiger partial charge in [-0.25, -0.2) is 4.99 Å². The standard InChI is InChI=1S/C25H22BrCl2N3O3S/c1-4-30(5-2)24(34)20-13(3)29-25-31(21(20)14-6-8-16(27)9-7-14)23(33)19(35-25)11-15-10-17(28)12-18(26)22(15)32/h6-12,21,32H,4-5H2,1-3H3/b19-11+/t21-/m0/s1. The van der Waals surface area contributed by atoms with Gasteiger partial charge in [0.25, 0.3) is 11.5 Å². The molecule has 1 N–H and O–H groups in total. The van der Waals surface area contributed by atoms with Gasteiger partial charge < -0.3 is 10.0 Å². The number of halogens is 3. The molecule has 0 saturated heterocycles. The Kier molecular flexibility index (Phi) is 7.57. The van der Waals surface area contributed by atoms with Crippen LogP contribution in [0.5, 0.6) is 5.75 Å². The number of phenols is 1. The van der Waals surface area contributed by atoms with Gasteiger partial charge in [-0.3, -0.25) is 14.2 Å². The van der Waals surface area contributed by atoms with Crippen LogP contribution in [0.25, 0.3) is 6.08 Å². The highest BCUT2D eigenvalue weighted by atomic mass is 79.9. The molecule has 1 aromatic heterocycles. The van der Waals surface area contributed by atoms with Gasteiger partial charge in [0.05, 0.1) is 26.3 Å². The van der Waals surface area contributed by atoms with Crippen LogP contribution in [-0.4, -0.2) is 33.6 Å². The molecule has 0 bridgehead atoms. The fourth-order valence-electron chi connectivity index (χ4n) is 4.07. The van der Waals surface area contributed by atoms with Crippen LogP contribution in [-0.2, 0) is 4.79 Å². The molecule has 1 atom stereocenters. The van der Waals surface area contributed by atoms with Gasteiger partial charge in [0.1, 0.15) is 5.75 Å². The van der Waals surface area contributed by atoms with Crippen molar-refractivity contribution in [3.05, 3.63) is 93.0 Å². The lowest BCUT2D eigenvalue weighted by atomic mass is 9.94. The van der Waals surface area contributed by atoms with Crippen molar-refractivity contribution in [1.82, 2.24) is 9.47 Å². The molecule has 35 heavy (non-hydrogen) atoms. The fourth-order valence-corrected chi connectivity index (χ4v) is 6.07. The van der Waals surface area contributed by atoms with Crippen molar-refractivity contribution in [2.45, 2.75) is 26.8 Å². The van der Waals surface area contributed by atoms with Crippen LogP contribution in [0, 0.1) is 0 Å². The molecule has 0 unspecified atom stereocenters. The van der Waals surface area contributed by atoms with Crippen molar-refractivity contribution >= 4 is 62.5 Å². The van der Waals surface area contributed by atoms with Crippen LogP contribution < -0.4 is 14.9 Å². The number of hydrogen-bond donors (Lipinski definition) is 1. The lowest BCUT2D eigenvalue weighted by Crippen LogP contribution is -2.43. The van der Waals surface area contributed by atoms with E-state index < -0.39 is 6.04 Å². The molecule has 2 aromatic carbocycles. The number of carbonyl (C=O) groups excluding carboxylic acids is 1. The van der Waals surface area contributed by atoms with Gasteiger partial charge in [0, 0.05) is 28.7 Å². The number of aromatic nitrogens is 1. The molecule has 10 heteroatoms. The van der Waals surface area contributed by atoms with Crippen molar-refractivity contribution < 1.29 is 9.90 Å². The summed E-state index contributed by atoms with van der Waals surface area (Å²) in [6, 6.07) is 9.60. The quantitative estimate of drug-likeness (QED) is 0.457. The topological polar surface area (TPSA) is 74.9 Å². The summed E-state index contributed by atoms with van der Waals surface area (Å²) in [6.07, 6.45) is 1.58. The Morgan fingerprint density at radius 2 is 1.86 bits per heavy atom. The molecule has 3 aromatic rings. The summed E-state index contributed by atoms with van der Waals surface area (Å²) in [4.78, 5) is 34.1. The van der Waals surface area contributed by atoms with Crippen LogP contribution in [0.3, 0.4) is 0 Å². The van der Waals surface area contributed by atoms with E-state index in [1.54, 1.807) is 46.7 Å². The van der Waals surface area contributed by atoms with E-state index in [4.69, 9.17) is 23.2 Å². The van der Waals surface area contributed by atoms with E-state index in [9.17, 15) is 14.7 Å². The minimum Gasteiger partial charge on any atom is -0.506 e. The van der Waals surface area contributed by atoms with Crippen molar-refractivity contribution in [2.24, 2.45) is 4.99 Å². The highest BCUT2D eigenvalue weighted by Crippen LogP contribution is 2.33. The van der Waals surface area contributed by atoms with Gasteiger partial charge in [-0.05, 0) is 72.6 Å². The van der Waals surface area contributed by atoms with E-state index in [-0.39, 0.29) is 17.2 Å². The van der Waals surface area contributed by atoms with E-state index >= 15 is 0 Å². The zero-order valence-electron chi connectivity index (χ0n) is 19.2. The molecule has 1 aliphatic rings. The zero-order valence-corrected chi connectivity index (χ0v) is 23.1. The Hall–Kier alpha value is -2.39. The first-order valence-corrected chi connectivity index (χ1v) is 13.3. The molecule has 0 fully saturated rings. The maximum absolute atomic E-state index is 13.7. The maximum atomic E-state index is 13.7. The fraction of sp³-hybridized carbons (Fsp3) is 0.240. The molecule has 1 amide bonds. The minimum atomic E-state index is -0.668. The van der Waals surface area contributed by atoms with Gasteiger partial charge in [0.15, 0.2) is 4.80 Å². The van der Waals surface area contributed by atoms with Crippen molar-refractivity contribution in [3.8, 4) is 5.75 Å². The molecular formula is C25H22BrCl2N3O3S. The Morgan fingerprint density at radius 1 is 1.20 bits per heavy atom. The van der Waals surface area contributed by atoms with Crippen molar-refractivity contribution in [2.75, 3.05) is 13.1 Å².